The van der Waals surface area contributed by atoms with Crippen molar-refractivity contribution < 1.29 is 9.57 Å². The molecular weight excluding hydrogens is 184 g/mol. The summed E-state index contributed by atoms with van der Waals surface area (Å²) >= 11 is 0. The molecule has 6 nitrogen and oxygen atoms in total. The van der Waals surface area contributed by atoms with Crippen LogP contribution in [0.25, 0.3) is 0 Å². The molecule has 0 aromatic carbocycles. The molecule has 2 aliphatic rings. The van der Waals surface area contributed by atoms with E-state index in [1.54, 1.807) is 11.3 Å². The second-order valence-electron chi connectivity index (χ2n) is 4.06. The third-order valence-corrected chi connectivity index (χ3v) is 2.37. The highest BCUT2D eigenvalue weighted by molar-refractivity contribution is 4.91. The lowest BCUT2D eigenvalue weighted by Gasteiger charge is -2.44. The molecule has 1 fully saturated rings. The number of nitrogens with zero attached hydrogens (tertiary/aromatic N) is 2. The van der Waals surface area contributed by atoms with E-state index >= 15 is 0 Å². The second kappa shape index (κ2) is 3.30. The molecule has 2 aliphatic heterocycles. The van der Waals surface area contributed by atoms with E-state index in [-0.39, 0.29) is 5.54 Å². The number of hydrogen-bond acceptors (Lipinski definition) is 6. The Morgan fingerprint density at radius 2 is 2.36 bits per heavy atom. The number of rotatable bonds is 1. The fraction of sp³-hybridized carbons (Fsp3) is 0.750. The largest absolute Gasteiger partial charge is 0.378 e. The first-order valence-corrected chi connectivity index (χ1v) is 4.64. The molecular formula is C8H16N4O2. The quantitative estimate of drug-likeness (QED) is 0.596. The Morgan fingerprint density at radius 3 is 2.93 bits per heavy atom. The van der Waals surface area contributed by atoms with Crippen LogP contribution in [0.3, 0.4) is 0 Å². The molecule has 1 saturated heterocycles. The van der Waals surface area contributed by atoms with Crippen LogP contribution < -0.4 is 11.3 Å². The van der Waals surface area contributed by atoms with Gasteiger partial charge in [0.15, 0.2) is 0 Å². The normalized spacial score (nSPS) is 27.3. The smallest absolute Gasteiger partial charge is 0.231 e. The minimum absolute atomic E-state index is 0.0598. The van der Waals surface area contributed by atoms with Crippen molar-refractivity contribution in [2.24, 2.45) is 5.73 Å². The molecule has 0 amide bonds. The maximum absolute atomic E-state index is 5.50. The van der Waals surface area contributed by atoms with Crippen molar-refractivity contribution in [1.29, 1.82) is 0 Å². The van der Waals surface area contributed by atoms with Crippen molar-refractivity contribution in [3.05, 3.63) is 12.1 Å². The monoisotopic (exact) mass is 200 g/mol. The maximum atomic E-state index is 5.50. The van der Waals surface area contributed by atoms with Gasteiger partial charge in [-0.3, -0.25) is 0 Å². The zero-order chi connectivity index (χ0) is 10.2. The molecule has 2 rings (SSSR count). The molecule has 0 unspecified atom stereocenters. The van der Waals surface area contributed by atoms with Gasteiger partial charge in [0, 0.05) is 6.54 Å². The van der Waals surface area contributed by atoms with Gasteiger partial charge in [0.2, 0.25) is 5.88 Å². The van der Waals surface area contributed by atoms with Crippen molar-refractivity contribution in [2.45, 2.75) is 19.4 Å². The van der Waals surface area contributed by atoms with Gasteiger partial charge in [-0.15, -0.1) is 0 Å². The lowest BCUT2D eigenvalue weighted by Crippen LogP contribution is -2.61. The van der Waals surface area contributed by atoms with E-state index in [1.165, 1.54) is 0 Å². The predicted octanol–water partition coefficient (Wildman–Crippen LogP) is -0.478. The summed E-state index contributed by atoms with van der Waals surface area (Å²) in [7, 11) is 0. The van der Waals surface area contributed by atoms with E-state index in [0.717, 1.165) is 13.2 Å². The Balaban J connectivity index is 2.08. The highest BCUT2D eigenvalue weighted by Gasteiger charge is 2.35. The molecule has 0 aromatic rings. The van der Waals surface area contributed by atoms with Crippen LogP contribution in [-0.4, -0.2) is 35.4 Å². The lowest BCUT2D eigenvalue weighted by molar-refractivity contribution is -0.196. The van der Waals surface area contributed by atoms with Gasteiger partial charge in [0.05, 0.1) is 25.0 Å². The summed E-state index contributed by atoms with van der Waals surface area (Å²) in [6.45, 7) is 6.44. The van der Waals surface area contributed by atoms with Gasteiger partial charge < -0.3 is 15.3 Å². The van der Waals surface area contributed by atoms with Crippen molar-refractivity contribution in [1.82, 2.24) is 15.7 Å². The first-order valence-electron chi connectivity index (χ1n) is 4.64. The standard InChI is InChI=1S/C8H16N4O2/c1-8(2)6-13-4-3-11(8)12-5-7(9)14-10-12/h5,10H,3-4,6,9H2,1-2H3. The summed E-state index contributed by atoms with van der Waals surface area (Å²) in [5.74, 6) is 0.368. The third kappa shape index (κ3) is 1.63. The minimum Gasteiger partial charge on any atom is -0.378 e. The van der Waals surface area contributed by atoms with E-state index in [9.17, 15) is 0 Å². The second-order valence-corrected chi connectivity index (χ2v) is 4.06. The average Bonchev–Trinajstić information content (AvgIpc) is 2.51. The molecule has 2 heterocycles. The SMILES string of the molecule is CC1(C)COCCN1N1C=C(N)ON1. The topological polar surface area (TPSA) is 63.0 Å². The van der Waals surface area contributed by atoms with Gasteiger partial charge in [-0.1, -0.05) is 0 Å². The molecule has 0 saturated carbocycles. The first kappa shape index (κ1) is 9.57. The summed E-state index contributed by atoms with van der Waals surface area (Å²) in [6, 6.07) is 0. The van der Waals surface area contributed by atoms with Gasteiger partial charge in [0.25, 0.3) is 0 Å². The Morgan fingerprint density at radius 1 is 1.57 bits per heavy atom. The summed E-state index contributed by atoms with van der Waals surface area (Å²) in [5, 5.41) is 3.88. The van der Waals surface area contributed by atoms with Gasteiger partial charge >= 0.3 is 0 Å². The number of ether oxygens (including phenoxy) is 1. The van der Waals surface area contributed by atoms with Crippen LogP contribution in [-0.2, 0) is 9.57 Å². The van der Waals surface area contributed by atoms with Crippen LogP contribution in [0, 0.1) is 0 Å². The molecule has 6 heteroatoms. The Bertz CT molecular complexity index is 254. The fourth-order valence-corrected chi connectivity index (χ4v) is 1.64. The highest BCUT2D eigenvalue weighted by Crippen LogP contribution is 2.22. The maximum Gasteiger partial charge on any atom is 0.231 e. The van der Waals surface area contributed by atoms with Crippen LogP contribution in [0.4, 0.5) is 0 Å². The molecule has 80 valence electrons. The van der Waals surface area contributed by atoms with Crippen molar-refractivity contribution in [2.75, 3.05) is 19.8 Å². The van der Waals surface area contributed by atoms with Gasteiger partial charge in [-0.05, 0) is 19.4 Å². The van der Waals surface area contributed by atoms with Crippen molar-refractivity contribution in [3.63, 3.8) is 0 Å². The predicted molar refractivity (Wildman–Crippen MR) is 49.9 cm³/mol. The molecule has 0 atom stereocenters. The lowest BCUT2D eigenvalue weighted by atomic mass is 10.1. The van der Waals surface area contributed by atoms with Crippen LogP contribution in [0.5, 0.6) is 0 Å². The first-order chi connectivity index (χ1) is 6.59. The summed E-state index contributed by atoms with van der Waals surface area (Å²) < 4.78 is 5.41. The Labute approximate surface area is 83.1 Å². The fourth-order valence-electron chi connectivity index (χ4n) is 1.64. The minimum atomic E-state index is -0.0598. The number of hydrazine groups is 2. The molecule has 3 N–H and O–H groups in total. The van der Waals surface area contributed by atoms with Gasteiger partial charge in [-0.25, -0.2) is 5.12 Å². The van der Waals surface area contributed by atoms with E-state index in [4.69, 9.17) is 15.3 Å². The van der Waals surface area contributed by atoms with E-state index in [0.29, 0.717) is 12.5 Å². The van der Waals surface area contributed by atoms with Crippen LogP contribution in [0.1, 0.15) is 13.8 Å². The number of nitrogens with one attached hydrogen (secondary N) is 1. The molecule has 0 radical (unpaired) electrons. The van der Waals surface area contributed by atoms with Crippen LogP contribution >= 0.6 is 0 Å². The zero-order valence-corrected chi connectivity index (χ0v) is 8.49. The average molecular weight is 200 g/mol. The summed E-state index contributed by atoms with van der Waals surface area (Å²) in [5.41, 5.74) is 8.16. The van der Waals surface area contributed by atoms with E-state index in [2.05, 4.69) is 24.4 Å². The molecule has 0 aliphatic carbocycles. The van der Waals surface area contributed by atoms with Crippen molar-refractivity contribution >= 4 is 0 Å². The van der Waals surface area contributed by atoms with E-state index < -0.39 is 0 Å². The number of nitrogens with two attached hydrogens (primary N) is 1. The Hall–Kier alpha value is -0.980. The summed E-state index contributed by atoms with van der Waals surface area (Å²) in [4.78, 5) is 4.94. The van der Waals surface area contributed by atoms with Crippen LogP contribution in [0.2, 0.25) is 0 Å². The molecule has 0 spiro atoms. The van der Waals surface area contributed by atoms with Gasteiger partial charge in [0.1, 0.15) is 0 Å². The van der Waals surface area contributed by atoms with Gasteiger partial charge in [-0.2, -0.15) is 5.01 Å². The number of morpholine rings is 1. The van der Waals surface area contributed by atoms with Crippen molar-refractivity contribution in [3.8, 4) is 0 Å². The van der Waals surface area contributed by atoms with E-state index in [1.807, 2.05) is 0 Å². The van der Waals surface area contributed by atoms with Crippen LogP contribution in [0.15, 0.2) is 12.1 Å². The molecule has 0 bridgehead atoms. The highest BCUT2D eigenvalue weighted by atomic mass is 16.7. The summed E-state index contributed by atoms with van der Waals surface area (Å²) in [6.07, 6.45) is 1.72. The number of hydrogen-bond donors (Lipinski definition) is 2. The molecule has 0 aromatic heterocycles. The Kier molecular flexibility index (Phi) is 2.26. The molecule has 14 heavy (non-hydrogen) atoms. The zero-order valence-electron chi connectivity index (χ0n) is 8.49. The third-order valence-electron chi connectivity index (χ3n) is 2.37.